The van der Waals surface area contributed by atoms with E-state index in [2.05, 4.69) is 10.6 Å². The molecule has 7 nitrogen and oxygen atoms in total. The number of hydrogen-bond donors (Lipinski definition) is 2. The third-order valence-corrected chi connectivity index (χ3v) is 6.73. The summed E-state index contributed by atoms with van der Waals surface area (Å²) in [6, 6.07) is 8.99. The molecule has 9 heteroatoms. The summed E-state index contributed by atoms with van der Waals surface area (Å²) in [5.41, 5.74) is 0.485. The Labute approximate surface area is 196 Å². The van der Waals surface area contributed by atoms with E-state index in [9.17, 15) is 14.0 Å². The van der Waals surface area contributed by atoms with Gasteiger partial charge >= 0.3 is 0 Å². The lowest BCUT2D eigenvalue weighted by Gasteiger charge is -2.51. The van der Waals surface area contributed by atoms with E-state index < -0.39 is 5.82 Å². The van der Waals surface area contributed by atoms with Gasteiger partial charge in [0, 0.05) is 23.7 Å². The Kier molecular flexibility index (Phi) is 6.93. The van der Waals surface area contributed by atoms with E-state index in [1.807, 2.05) is 0 Å². The fraction of sp³-hybridized carbons (Fsp3) is 0.417. The van der Waals surface area contributed by atoms with Crippen LogP contribution < -0.4 is 24.8 Å². The van der Waals surface area contributed by atoms with Crippen LogP contribution >= 0.6 is 11.6 Å². The molecule has 33 heavy (non-hydrogen) atoms. The molecule has 3 aliphatic rings. The van der Waals surface area contributed by atoms with Gasteiger partial charge in [0.05, 0.1) is 19.2 Å². The molecule has 2 aromatic rings. The summed E-state index contributed by atoms with van der Waals surface area (Å²) in [5.74, 6) is 0.995. The van der Waals surface area contributed by atoms with Crippen LogP contribution in [0.1, 0.15) is 29.6 Å². The number of amides is 2. The zero-order chi connectivity index (χ0) is 23.5. The van der Waals surface area contributed by atoms with Gasteiger partial charge in [-0.1, -0.05) is 11.6 Å². The highest BCUT2D eigenvalue weighted by Crippen LogP contribution is 2.46. The lowest BCUT2D eigenvalue weighted by atomic mass is 9.60. The molecule has 0 spiro atoms. The molecule has 176 valence electrons. The van der Waals surface area contributed by atoms with Crippen molar-refractivity contribution in [3.8, 4) is 17.2 Å². The molecule has 5 rings (SSSR count). The summed E-state index contributed by atoms with van der Waals surface area (Å²) in [6.07, 6.45) is 2.55. The number of halogens is 2. The molecule has 3 fully saturated rings. The topological polar surface area (TPSA) is 85.9 Å². The van der Waals surface area contributed by atoms with E-state index in [-0.39, 0.29) is 41.3 Å². The van der Waals surface area contributed by atoms with Crippen molar-refractivity contribution in [3.63, 3.8) is 0 Å². The molecule has 0 heterocycles. The Balaban J connectivity index is 1.31. The van der Waals surface area contributed by atoms with Crippen molar-refractivity contribution < 1.29 is 28.2 Å². The van der Waals surface area contributed by atoms with Gasteiger partial charge in [-0.3, -0.25) is 9.59 Å². The highest BCUT2D eigenvalue weighted by Gasteiger charge is 2.47. The smallest absolute Gasteiger partial charge is 0.258 e. The number of nitrogens with one attached hydrogen (secondary N) is 2. The average Bonchev–Trinajstić information content (AvgIpc) is 2.78. The Hall–Kier alpha value is -3.00. The van der Waals surface area contributed by atoms with Crippen LogP contribution in [0.3, 0.4) is 0 Å². The summed E-state index contributed by atoms with van der Waals surface area (Å²) in [4.78, 5) is 25.2. The van der Waals surface area contributed by atoms with Gasteiger partial charge in [0.15, 0.2) is 18.1 Å². The number of carbonyl (C=O) groups is 2. The normalized spacial score (nSPS) is 23.2. The molecule has 3 aliphatic carbocycles. The minimum atomic E-state index is -0.601. The summed E-state index contributed by atoms with van der Waals surface area (Å²) in [7, 11) is 3.06. The standard InChI is InChI=1S/C24H26ClFN2O5/c1-31-21-6-3-13(9-22(21)32-2)24(30)28-20-11-19(14-7-15(20)8-14)27-23(29)12-33-16-4-5-17(25)18(26)10-16/h3-6,9-10,14-15,19-20H,7-8,11-12H2,1-2H3,(H,27,29)(H,28,30)/t14?,15?,19-,20?/m0/s1. The Morgan fingerprint density at radius 2 is 1.67 bits per heavy atom. The maximum Gasteiger partial charge on any atom is 0.258 e. The predicted molar refractivity (Wildman–Crippen MR) is 120 cm³/mol. The van der Waals surface area contributed by atoms with E-state index in [0.717, 1.165) is 18.9 Å². The van der Waals surface area contributed by atoms with Crippen LogP contribution in [0.25, 0.3) is 0 Å². The van der Waals surface area contributed by atoms with E-state index >= 15 is 0 Å². The molecule has 2 amide bonds. The zero-order valence-electron chi connectivity index (χ0n) is 18.4. The second kappa shape index (κ2) is 9.87. The van der Waals surface area contributed by atoms with Crippen molar-refractivity contribution in [1.82, 2.24) is 10.6 Å². The van der Waals surface area contributed by atoms with Crippen LogP contribution in [0.5, 0.6) is 17.2 Å². The van der Waals surface area contributed by atoms with Crippen LogP contribution in [0.15, 0.2) is 36.4 Å². The molecule has 2 atom stereocenters. The van der Waals surface area contributed by atoms with Gasteiger partial charge in [-0.15, -0.1) is 0 Å². The van der Waals surface area contributed by atoms with Gasteiger partial charge < -0.3 is 24.8 Å². The number of carbonyl (C=O) groups excluding carboxylic acids is 2. The van der Waals surface area contributed by atoms with Crippen molar-refractivity contribution in [1.29, 1.82) is 0 Å². The van der Waals surface area contributed by atoms with Crippen LogP contribution in [0.2, 0.25) is 5.02 Å². The lowest BCUT2D eigenvalue weighted by molar-refractivity contribution is -0.125. The second-order valence-electron chi connectivity index (χ2n) is 8.42. The second-order valence-corrected chi connectivity index (χ2v) is 8.82. The van der Waals surface area contributed by atoms with E-state index in [0.29, 0.717) is 35.3 Å². The lowest BCUT2D eigenvalue weighted by Crippen LogP contribution is -2.60. The number of ether oxygens (including phenoxy) is 3. The zero-order valence-corrected chi connectivity index (χ0v) is 19.2. The van der Waals surface area contributed by atoms with Gasteiger partial charge in [-0.05, 0) is 61.4 Å². The van der Waals surface area contributed by atoms with Crippen molar-refractivity contribution in [3.05, 3.63) is 52.8 Å². The Morgan fingerprint density at radius 1 is 0.970 bits per heavy atom. The third-order valence-electron chi connectivity index (χ3n) is 6.43. The van der Waals surface area contributed by atoms with E-state index in [1.165, 1.54) is 19.2 Å². The van der Waals surface area contributed by atoms with Crippen molar-refractivity contribution >= 4 is 23.4 Å². The molecular weight excluding hydrogens is 451 g/mol. The first kappa shape index (κ1) is 23.2. The SMILES string of the molecule is COc1ccc(C(=O)NC2C[C@H](NC(=O)COc3ccc(Cl)c(F)c3)C3CC2C3)cc1OC. The molecule has 0 aliphatic heterocycles. The van der Waals surface area contributed by atoms with Crippen molar-refractivity contribution in [2.75, 3.05) is 20.8 Å². The summed E-state index contributed by atoms with van der Waals surface area (Å²) in [6.45, 7) is -0.226. The number of benzene rings is 2. The highest BCUT2D eigenvalue weighted by molar-refractivity contribution is 6.30. The molecule has 2 bridgehead atoms. The molecule has 0 saturated heterocycles. The maximum atomic E-state index is 13.5. The monoisotopic (exact) mass is 476 g/mol. The van der Waals surface area contributed by atoms with Gasteiger partial charge in [-0.2, -0.15) is 0 Å². The van der Waals surface area contributed by atoms with Gasteiger partial charge in [0.1, 0.15) is 11.6 Å². The summed E-state index contributed by atoms with van der Waals surface area (Å²) in [5, 5.41) is 6.11. The maximum absolute atomic E-state index is 13.5. The Morgan fingerprint density at radius 3 is 2.33 bits per heavy atom. The van der Waals surface area contributed by atoms with Crippen molar-refractivity contribution in [2.45, 2.75) is 31.3 Å². The third kappa shape index (κ3) is 5.16. The first-order valence-corrected chi connectivity index (χ1v) is 11.2. The first-order valence-electron chi connectivity index (χ1n) is 10.8. The minimum absolute atomic E-state index is 0.00489. The number of methoxy groups -OCH3 is 2. The number of hydrogen-bond acceptors (Lipinski definition) is 5. The van der Waals surface area contributed by atoms with Crippen LogP contribution in [-0.2, 0) is 4.79 Å². The molecule has 2 aromatic carbocycles. The van der Waals surface area contributed by atoms with Crippen LogP contribution in [-0.4, -0.2) is 44.7 Å². The Bertz CT molecular complexity index is 1040. The molecule has 0 aromatic heterocycles. The molecule has 2 N–H and O–H groups in total. The van der Waals surface area contributed by atoms with Crippen LogP contribution in [0, 0.1) is 17.7 Å². The largest absolute Gasteiger partial charge is 0.493 e. The van der Waals surface area contributed by atoms with E-state index in [1.54, 1.807) is 25.3 Å². The van der Waals surface area contributed by atoms with Crippen molar-refractivity contribution in [2.24, 2.45) is 11.8 Å². The summed E-state index contributed by atoms with van der Waals surface area (Å²) >= 11 is 5.66. The molecule has 0 radical (unpaired) electrons. The molecule has 3 saturated carbocycles. The van der Waals surface area contributed by atoms with Gasteiger partial charge in [-0.25, -0.2) is 4.39 Å². The quantitative estimate of drug-likeness (QED) is 0.608. The molecular formula is C24H26ClFN2O5. The minimum Gasteiger partial charge on any atom is -0.493 e. The van der Waals surface area contributed by atoms with E-state index in [4.69, 9.17) is 25.8 Å². The first-order chi connectivity index (χ1) is 15.9. The predicted octanol–water partition coefficient (Wildman–Crippen LogP) is 3.59. The molecule has 1 unspecified atom stereocenters. The summed E-state index contributed by atoms with van der Waals surface area (Å²) < 4.78 is 29.4. The van der Waals surface area contributed by atoms with Crippen LogP contribution in [0.4, 0.5) is 4.39 Å². The average molecular weight is 477 g/mol. The van der Waals surface area contributed by atoms with Gasteiger partial charge in [0.25, 0.3) is 11.8 Å². The highest BCUT2D eigenvalue weighted by atomic mass is 35.5. The fourth-order valence-corrected chi connectivity index (χ4v) is 4.69. The number of fused-ring (bicyclic) bond motifs is 2. The van der Waals surface area contributed by atoms with Gasteiger partial charge in [0.2, 0.25) is 0 Å². The number of rotatable bonds is 8. The fourth-order valence-electron chi connectivity index (χ4n) is 4.57.